The molecule has 8 aromatic carbocycles. The highest BCUT2D eigenvalue weighted by atomic mass is 15.2. The van der Waals surface area contributed by atoms with E-state index in [-0.39, 0.29) is 6.17 Å². The van der Waals surface area contributed by atoms with Crippen molar-refractivity contribution in [3.63, 3.8) is 0 Å². The van der Waals surface area contributed by atoms with Crippen LogP contribution in [0.25, 0.3) is 54.6 Å². The smallest absolute Gasteiger partial charge is 0.160 e. The summed E-state index contributed by atoms with van der Waals surface area (Å²) < 4.78 is 0. The maximum atomic E-state index is 5.22. The van der Waals surface area contributed by atoms with Crippen LogP contribution in [0.5, 0.6) is 0 Å². The fourth-order valence-electron chi connectivity index (χ4n) is 6.91. The van der Waals surface area contributed by atoms with Gasteiger partial charge in [-0.25, -0.2) is 9.98 Å². The first kappa shape index (κ1) is 27.9. The molecule has 1 heterocycles. The van der Waals surface area contributed by atoms with Gasteiger partial charge in [-0.15, -0.1) is 0 Å². The molecule has 3 nitrogen and oxygen atoms in total. The second-order valence-corrected chi connectivity index (χ2v) is 12.2. The fourth-order valence-corrected chi connectivity index (χ4v) is 6.91. The van der Waals surface area contributed by atoms with Gasteiger partial charge in [0.1, 0.15) is 12.0 Å². The Morgan fingerprint density at radius 2 is 0.792 bits per heavy atom. The summed E-state index contributed by atoms with van der Waals surface area (Å²) in [6, 6.07) is 62.3. The number of nitrogens with one attached hydrogen (secondary N) is 1. The molecule has 0 spiro atoms. The monoisotopic (exact) mass is 613 g/mol. The lowest BCUT2D eigenvalue weighted by Crippen LogP contribution is -2.33. The average Bonchev–Trinajstić information content (AvgIpc) is 3.17. The number of rotatable bonds is 5. The van der Waals surface area contributed by atoms with Crippen LogP contribution in [0.2, 0.25) is 0 Å². The van der Waals surface area contributed by atoms with Crippen molar-refractivity contribution in [1.82, 2.24) is 5.32 Å². The molecule has 48 heavy (non-hydrogen) atoms. The SMILES string of the molecule is c1ccc2c(C3=NC(c4ccc(-c5cccc6ccccc56)cc4)NC(c4ccc(-c5cccc6ccccc56)cc4)=N3)cccc2c1. The van der Waals surface area contributed by atoms with Gasteiger partial charge in [0.15, 0.2) is 5.84 Å². The molecule has 0 saturated heterocycles. The van der Waals surface area contributed by atoms with Crippen LogP contribution in [0.3, 0.4) is 0 Å². The summed E-state index contributed by atoms with van der Waals surface area (Å²) in [5.41, 5.74) is 7.93. The van der Waals surface area contributed by atoms with Crippen molar-refractivity contribution in [3.05, 3.63) is 193 Å². The Kier molecular flexibility index (Phi) is 6.87. The number of amidine groups is 2. The number of fused-ring (bicyclic) bond motifs is 3. The standard InChI is InChI=1S/C45H31N3/c1-4-16-37-30(10-1)13-7-19-39(37)33-22-26-35(27-23-33)43-46-44(48-45(47-43)42-21-9-15-32-12-3-6-18-41(32)42)36-28-24-34(25-29-36)40-20-8-14-31-11-2-5-17-38(31)40/h1-29,43H,(H,46,47,48). The molecule has 0 fully saturated rings. The highest BCUT2D eigenvalue weighted by molar-refractivity contribution is 6.17. The van der Waals surface area contributed by atoms with Gasteiger partial charge in [0.25, 0.3) is 0 Å². The molecule has 0 radical (unpaired) electrons. The molecule has 9 rings (SSSR count). The summed E-state index contributed by atoms with van der Waals surface area (Å²) >= 11 is 0. The molecule has 3 heteroatoms. The maximum Gasteiger partial charge on any atom is 0.160 e. The van der Waals surface area contributed by atoms with Crippen LogP contribution in [0.1, 0.15) is 22.9 Å². The maximum absolute atomic E-state index is 5.22. The molecule has 1 N–H and O–H groups in total. The molecular formula is C45H31N3. The summed E-state index contributed by atoms with van der Waals surface area (Å²) in [7, 11) is 0. The molecule has 8 aromatic rings. The minimum atomic E-state index is -0.300. The minimum absolute atomic E-state index is 0.300. The number of hydrogen-bond acceptors (Lipinski definition) is 3. The zero-order valence-corrected chi connectivity index (χ0v) is 26.2. The van der Waals surface area contributed by atoms with Gasteiger partial charge in [-0.3, -0.25) is 0 Å². The van der Waals surface area contributed by atoms with E-state index < -0.39 is 0 Å². The van der Waals surface area contributed by atoms with Gasteiger partial charge in [-0.2, -0.15) is 0 Å². The van der Waals surface area contributed by atoms with E-state index in [1.165, 1.54) is 49.2 Å². The molecule has 1 atom stereocenters. The second kappa shape index (κ2) is 11.8. The fraction of sp³-hybridized carbons (Fsp3) is 0.0222. The summed E-state index contributed by atoms with van der Waals surface area (Å²) in [6.07, 6.45) is -0.300. The predicted molar refractivity (Wildman–Crippen MR) is 202 cm³/mol. The number of aliphatic imine (C=N–C) groups is 2. The van der Waals surface area contributed by atoms with Gasteiger partial charge in [0, 0.05) is 11.1 Å². The van der Waals surface area contributed by atoms with Crippen LogP contribution in [0.4, 0.5) is 0 Å². The number of benzene rings is 8. The normalized spacial score (nSPS) is 14.5. The first-order valence-electron chi connectivity index (χ1n) is 16.4. The van der Waals surface area contributed by atoms with Crippen LogP contribution in [0.15, 0.2) is 186 Å². The Bertz CT molecular complexity index is 2510. The molecule has 226 valence electrons. The van der Waals surface area contributed by atoms with Crippen LogP contribution < -0.4 is 5.32 Å². The zero-order chi connectivity index (χ0) is 31.9. The summed E-state index contributed by atoms with van der Waals surface area (Å²) in [5.74, 6) is 1.53. The largest absolute Gasteiger partial charge is 0.344 e. The van der Waals surface area contributed by atoms with Crippen LogP contribution >= 0.6 is 0 Å². The third-order valence-electron chi connectivity index (χ3n) is 9.36. The molecular weight excluding hydrogens is 583 g/mol. The summed E-state index contributed by atoms with van der Waals surface area (Å²) in [6.45, 7) is 0. The lowest BCUT2D eigenvalue weighted by atomic mass is 9.96. The van der Waals surface area contributed by atoms with E-state index in [1.54, 1.807) is 0 Å². The molecule has 0 saturated carbocycles. The zero-order valence-electron chi connectivity index (χ0n) is 26.2. The highest BCUT2D eigenvalue weighted by Gasteiger charge is 2.22. The lowest BCUT2D eigenvalue weighted by molar-refractivity contribution is 0.674. The van der Waals surface area contributed by atoms with Crippen LogP contribution in [-0.2, 0) is 0 Å². The van der Waals surface area contributed by atoms with E-state index in [9.17, 15) is 0 Å². The van der Waals surface area contributed by atoms with Crippen molar-refractivity contribution in [2.45, 2.75) is 6.17 Å². The quantitative estimate of drug-likeness (QED) is 0.206. The first-order chi connectivity index (χ1) is 23.8. The lowest BCUT2D eigenvalue weighted by Gasteiger charge is -2.24. The third kappa shape index (κ3) is 5.03. The third-order valence-corrected chi connectivity index (χ3v) is 9.36. The van der Waals surface area contributed by atoms with E-state index in [0.29, 0.717) is 0 Å². The Morgan fingerprint density at radius 1 is 0.375 bits per heavy atom. The summed E-state index contributed by atoms with van der Waals surface area (Å²) in [4.78, 5) is 10.4. The minimum Gasteiger partial charge on any atom is -0.344 e. The first-order valence-corrected chi connectivity index (χ1v) is 16.4. The van der Waals surface area contributed by atoms with Crippen LogP contribution in [0, 0.1) is 0 Å². The second-order valence-electron chi connectivity index (χ2n) is 12.2. The van der Waals surface area contributed by atoms with Crippen molar-refractivity contribution in [3.8, 4) is 22.3 Å². The van der Waals surface area contributed by atoms with E-state index in [1.807, 2.05) is 0 Å². The van der Waals surface area contributed by atoms with E-state index in [0.717, 1.165) is 33.7 Å². The van der Waals surface area contributed by atoms with Crippen molar-refractivity contribution >= 4 is 44.0 Å². The van der Waals surface area contributed by atoms with Gasteiger partial charge in [-0.05, 0) is 60.1 Å². The Morgan fingerprint density at radius 3 is 1.33 bits per heavy atom. The van der Waals surface area contributed by atoms with Crippen molar-refractivity contribution in [2.75, 3.05) is 0 Å². The van der Waals surface area contributed by atoms with Gasteiger partial charge < -0.3 is 5.32 Å². The van der Waals surface area contributed by atoms with Gasteiger partial charge >= 0.3 is 0 Å². The van der Waals surface area contributed by atoms with E-state index in [2.05, 4.69) is 181 Å². The molecule has 1 unspecified atom stereocenters. The Labute approximate surface area is 279 Å². The molecule has 0 aliphatic carbocycles. The highest BCUT2D eigenvalue weighted by Crippen LogP contribution is 2.32. The van der Waals surface area contributed by atoms with Crippen molar-refractivity contribution in [1.29, 1.82) is 0 Å². The van der Waals surface area contributed by atoms with Crippen LogP contribution in [-0.4, -0.2) is 11.7 Å². The molecule has 0 aromatic heterocycles. The predicted octanol–water partition coefficient (Wildman–Crippen LogP) is 11.0. The Hall–Kier alpha value is -6.32. The van der Waals surface area contributed by atoms with Crippen molar-refractivity contribution < 1.29 is 0 Å². The number of hydrogen-bond donors (Lipinski definition) is 1. The van der Waals surface area contributed by atoms with E-state index in [4.69, 9.17) is 9.98 Å². The van der Waals surface area contributed by atoms with Gasteiger partial charge in [0.05, 0.1) is 0 Å². The average molecular weight is 614 g/mol. The van der Waals surface area contributed by atoms with Gasteiger partial charge in [-0.1, -0.05) is 176 Å². The molecule has 1 aliphatic rings. The number of nitrogens with zero attached hydrogens (tertiary/aromatic N) is 2. The molecule has 1 aliphatic heterocycles. The Balaban J connectivity index is 1.11. The molecule has 0 bridgehead atoms. The van der Waals surface area contributed by atoms with E-state index >= 15 is 0 Å². The molecule has 0 amide bonds. The van der Waals surface area contributed by atoms with Crippen molar-refractivity contribution in [2.24, 2.45) is 9.98 Å². The summed E-state index contributed by atoms with van der Waals surface area (Å²) in [5, 5.41) is 11.0. The topological polar surface area (TPSA) is 36.8 Å². The van der Waals surface area contributed by atoms with Gasteiger partial charge in [0.2, 0.25) is 0 Å².